The molecule has 0 saturated carbocycles. The van der Waals surface area contributed by atoms with Crippen molar-refractivity contribution >= 4 is 29.0 Å². The number of nitrogens with one attached hydrogen (secondary N) is 4. The minimum atomic E-state index is -1.17. The number of alkyl carbamates (subject to hydrolysis) is 2. The van der Waals surface area contributed by atoms with Crippen LogP contribution >= 0.6 is 0 Å². The summed E-state index contributed by atoms with van der Waals surface area (Å²) in [7, 11) is 0. The summed E-state index contributed by atoms with van der Waals surface area (Å²) >= 11 is 0. The highest BCUT2D eigenvalue weighted by atomic mass is 19.1. The van der Waals surface area contributed by atoms with Crippen LogP contribution < -0.4 is 16.0 Å². The van der Waals surface area contributed by atoms with Gasteiger partial charge in [0.2, 0.25) is 0 Å². The van der Waals surface area contributed by atoms with Crippen LogP contribution in [0, 0.1) is 5.82 Å². The molecular formula is C30H39FN4O6. The van der Waals surface area contributed by atoms with Gasteiger partial charge in [0.1, 0.15) is 22.7 Å². The lowest BCUT2D eigenvalue weighted by Crippen LogP contribution is -2.52. The number of aromatic amines is 1. The normalized spacial score (nSPS) is 13.3. The molecule has 2 atom stereocenters. The summed E-state index contributed by atoms with van der Waals surface area (Å²) in [5.74, 6) is -1.04. The lowest BCUT2D eigenvalue weighted by molar-refractivity contribution is 0.0393. The van der Waals surface area contributed by atoms with E-state index in [4.69, 9.17) is 9.47 Å². The molecular weight excluding hydrogens is 531 g/mol. The van der Waals surface area contributed by atoms with Crippen molar-refractivity contribution in [3.05, 3.63) is 60.0 Å². The van der Waals surface area contributed by atoms with E-state index in [2.05, 4.69) is 20.9 Å². The number of H-pyrrole nitrogens is 1. The van der Waals surface area contributed by atoms with E-state index < -0.39 is 47.3 Å². The largest absolute Gasteiger partial charge is 0.444 e. The third-order valence-corrected chi connectivity index (χ3v) is 5.83. The van der Waals surface area contributed by atoms with E-state index in [1.165, 1.54) is 6.07 Å². The Kier molecular flexibility index (Phi) is 9.98. The second kappa shape index (κ2) is 13.0. The number of ether oxygens (including phenoxy) is 2. The standard InChI is InChI=1S/C30H39FN4O6/c1-29(2,3)40-27(38)32-16-15-23(36)22(35-28(39)41-30(4,5)6)17-33-26(37)25-24(18-11-7-9-13-20(18)31)19-12-8-10-14-21(19)34-25/h7-14,22-23,34,36H,15-17H2,1-6H3,(H,32,38)(H,33,37)(H,35,39)/t22-,23?/m0/s1. The number of aromatic nitrogens is 1. The Balaban J connectivity index is 1.78. The molecule has 2 aromatic carbocycles. The Bertz CT molecular complexity index is 1380. The maximum Gasteiger partial charge on any atom is 0.408 e. The molecule has 1 unspecified atom stereocenters. The van der Waals surface area contributed by atoms with Crippen molar-refractivity contribution in [2.45, 2.75) is 71.3 Å². The van der Waals surface area contributed by atoms with Gasteiger partial charge in [0.15, 0.2) is 0 Å². The van der Waals surface area contributed by atoms with Crippen molar-refractivity contribution in [1.29, 1.82) is 0 Å². The molecule has 5 N–H and O–H groups in total. The van der Waals surface area contributed by atoms with Gasteiger partial charge in [0.25, 0.3) is 5.91 Å². The number of carbonyl (C=O) groups excluding carboxylic acids is 3. The third kappa shape index (κ3) is 9.21. The minimum absolute atomic E-state index is 0.0441. The number of aliphatic hydroxyl groups excluding tert-OH is 1. The van der Waals surface area contributed by atoms with Crippen LogP contribution in [0.15, 0.2) is 48.5 Å². The first-order valence-electron chi connectivity index (χ1n) is 13.4. The highest BCUT2D eigenvalue weighted by Gasteiger charge is 2.27. The Morgan fingerprint density at radius 1 is 0.902 bits per heavy atom. The SMILES string of the molecule is CC(C)(C)OC(=O)NCCC(O)[C@H](CNC(=O)c1[nH]c2ccccc2c1-c1ccccc1F)NC(=O)OC(C)(C)C. The molecule has 0 aliphatic rings. The highest BCUT2D eigenvalue weighted by Crippen LogP contribution is 2.34. The Labute approximate surface area is 239 Å². The Morgan fingerprint density at radius 2 is 1.51 bits per heavy atom. The van der Waals surface area contributed by atoms with Gasteiger partial charge < -0.3 is 35.5 Å². The second-order valence-electron chi connectivity index (χ2n) is 11.6. The zero-order valence-electron chi connectivity index (χ0n) is 24.3. The summed E-state index contributed by atoms with van der Waals surface area (Å²) in [6.07, 6.45) is -2.56. The van der Waals surface area contributed by atoms with Gasteiger partial charge in [-0.2, -0.15) is 0 Å². The first-order valence-corrected chi connectivity index (χ1v) is 13.4. The minimum Gasteiger partial charge on any atom is -0.444 e. The summed E-state index contributed by atoms with van der Waals surface area (Å²) in [5, 5.41) is 19.5. The summed E-state index contributed by atoms with van der Waals surface area (Å²) in [5.41, 5.74) is -0.0411. The third-order valence-electron chi connectivity index (χ3n) is 5.83. The summed E-state index contributed by atoms with van der Waals surface area (Å²) in [4.78, 5) is 41.0. The quantitative estimate of drug-likeness (QED) is 0.248. The number of hydrogen-bond donors (Lipinski definition) is 5. The molecule has 0 saturated heterocycles. The number of benzene rings is 2. The lowest BCUT2D eigenvalue weighted by atomic mass is 10.0. The maximum absolute atomic E-state index is 14.8. The van der Waals surface area contributed by atoms with Crippen molar-refractivity contribution in [3.63, 3.8) is 0 Å². The molecule has 1 aromatic heterocycles. The zero-order chi connectivity index (χ0) is 30.4. The summed E-state index contributed by atoms with van der Waals surface area (Å²) in [6.45, 7) is 10.2. The van der Waals surface area contributed by atoms with Crippen LogP contribution in [-0.2, 0) is 9.47 Å². The van der Waals surface area contributed by atoms with Crippen LogP contribution in [0.2, 0.25) is 0 Å². The Hall–Kier alpha value is -4.12. The highest BCUT2D eigenvalue weighted by molar-refractivity contribution is 6.09. The summed E-state index contributed by atoms with van der Waals surface area (Å²) < 4.78 is 25.3. The predicted molar refractivity (Wildman–Crippen MR) is 154 cm³/mol. The van der Waals surface area contributed by atoms with Gasteiger partial charge >= 0.3 is 12.2 Å². The maximum atomic E-state index is 14.8. The molecule has 0 spiro atoms. The molecule has 0 bridgehead atoms. The number of amides is 3. The van der Waals surface area contributed by atoms with E-state index in [-0.39, 0.29) is 30.8 Å². The van der Waals surface area contributed by atoms with Crippen LogP contribution in [0.3, 0.4) is 0 Å². The molecule has 3 amide bonds. The van der Waals surface area contributed by atoms with Crippen LogP contribution in [0.1, 0.15) is 58.5 Å². The smallest absolute Gasteiger partial charge is 0.408 e. The number of carbonyl (C=O) groups is 3. The summed E-state index contributed by atoms with van der Waals surface area (Å²) in [6, 6.07) is 12.4. The molecule has 0 fully saturated rings. The molecule has 0 aliphatic heterocycles. The number of para-hydroxylation sites is 1. The fourth-order valence-electron chi connectivity index (χ4n) is 4.13. The molecule has 1 heterocycles. The molecule has 41 heavy (non-hydrogen) atoms. The van der Waals surface area contributed by atoms with E-state index in [1.807, 2.05) is 0 Å². The van der Waals surface area contributed by atoms with Gasteiger partial charge in [-0.15, -0.1) is 0 Å². The van der Waals surface area contributed by atoms with Gasteiger partial charge in [-0.05, 0) is 60.1 Å². The van der Waals surface area contributed by atoms with Crippen LogP contribution in [0.4, 0.5) is 14.0 Å². The number of aliphatic hydroxyl groups is 1. The average Bonchev–Trinajstić information content (AvgIpc) is 3.24. The van der Waals surface area contributed by atoms with E-state index in [1.54, 1.807) is 84.0 Å². The molecule has 0 radical (unpaired) electrons. The van der Waals surface area contributed by atoms with Crippen LogP contribution in [0.5, 0.6) is 0 Å². The lowest BCUT2D eigenvalue weighted by Gasteiger charge is -2.27. The van der Waals surface area contributed by atoms with E-state index in [0.717, 1.165) is 0 Å². The van der Waals surface area contributed by atoms with Crippen molar-refractivity contribution in [3.8, 4) is 11.1 Å². The number of halogens is 1. The topological polar surface area (TPSA) is 142 Å². The molecule has 11 heteroatoms. The van der Waals surface area contributed by atoms with Crippen LogP contribution in [-0.4, -0.2) is 64.6 Å². The predicted octanol–water partition coefficient (Wildman–Crippen LogP) is 4.87. The van der Waals surface area contributed by atoms with E-state index in [0.29, 0.717) is 16.5 Å². The van der Waals surface area contributed by atoms with E-state index in [9.17, 15) is 23.9 Å². The fourth-order valence-corrected chi connectivity index (χ4v) is 4.13. The molecule has 3 aromatic rings. The Morgan fingerprint density at radius 3 is 2.17 bits per heavy atom. The molecule has 0 aliphatic carbocycles. The van der Waals surface area contributed by atoms with Crippen molar-refractivity contribution in [2.75, 3.05) is 13.1 Å². The first-order chi connectivity index (χ1) is 19.1. The molecule has 222 valence electrons. The van der Waals surface area contributed by atoms with Crippen molar-refractivity contribution in [1.82, 2.24) is 20.9 Å². The van der Waals surface area contributed by atoms with Gasteiger partial charge in [0, 0.05) is 35.1 Å². The van der Waals surface area contributed by atoms with Gasteiger partial charge in [-0.25, -0.2) is 14.0 Å². The number of rotatable bonds is 9. The fraction of sp³-hybridized carbons (Fsp3) is 0.433. The van der Waals surface area contributed by atoms with Crippen molar-refractivity contribution in [2.24, 2.45) is 0 Å². The second-order valence-corrected chi connectivity index (χ2v) is 11.6. The van der Waals surface area contributed by atoms with Crippen molar-refractivity contribution < 1.29 is 33.4 Å². The van der Waals surface area contributed by atoms with E-state index >= 15 is 0 Å². The molecule has 10 nitrogen and oxygen atoms in total. The monoisotopic (exact) mass is 570 g/mol. The van der Waals surface area contributed by atoms with Crippen LogP contribution in [0.25, 0.3) is 22.0 Å². The van der Waals surface area contributed by atoms with Gasteiger partial charge in [-0.1, -0.05) is 36.4 Å². The number of hydrogen-bond acceptors (Lipinski definition) is 6. The average molecular weight is 571 g/mol. The molecule has 3 rings (SSSR count). The van der Waals surface area contributed by atoms with Gasteiger partial charge in [0.05, 0.1) is 12.1 Å². The zero-order valence-corrected chi connectivity index (χ0v) is 24.3. The van der Waals surface area contributed by atoms with Gasteiger partial charge in [-0.3, -0.25) is 4.79 Å². The first kappa shape index (κ1) is 31.4. The number of fused-ring (bicyclic) bond motifs is 1.